The number of imidazole rings is 1. The van der Waals surface area contributed by atoms with E-state index in [0.717, 1.165) is 25.0 Å². The summed E-state index contributed by atoms with van der Waals surface area (Å²) in [7, 11) is 1.76. The maximum Gasteiger partial charge on any atom is 0.227 e. The summed E-state index contributed by atoms with van der Waals surface area (Å²) in [6.07, 6.45) is 6.38. The summed E-state index contributed by atoms with van der Waals surface area (Å²) in [5.41, 5.74) is 3.53. The van der Waals surface area contributed by atoms with Gasteiger partial charge in [-0.3, -0.25) is 9.59 Å². The number of fused-ring (bicyclic) bond motifs is 3. The number of rotatable bonds is 2. The molecule has 4 unspecified atom stereocenters. The second-order valence-corrected chi connectivity index (χ2v) is 9.89. The van der Waals surface area contributed by atoms with Crippen LogP contribution in [0.4, 0.5) is 0 Å². The third kappa shape index (κ3) is 2.65. The lowest BCUT2D eigenvalue weighted by Crippen LogP contribution is -2.60. The summed E-state index contributed by atoms with van der Waals surface area (Å²) >= 11 is 0. The van der Waals surface area contributed by atoms with Crippen molar-refractivity contribution in [3.8, 4) is 11.3 Å². The molecule has 2 saturated heterocycles. The van der Waals surface area contributed by atoms with Gasteiger partial charge in [0.2, 0.25) is 11.8 Å². The Balaban J connectivity index is 1.15. The second kappa shape index (κ2) is 6.66. The molecule has 31 heavy (non-hydrogen) atoms. The zero-order valence-corrected chi connectivity index (χ0v) is 17.8. The topological polar surface area (TPSA) is 78.7 Å². The van der Waals surface area contributed by atoms with Gasteiger partial charge in [-0.25, -0.2) is 4.98 Å². The summed E-state index contributed by atoms with van der Waals surface area (Å²) in [6.45, 7) is 1.88. The van der Waals surface area contributed by atoms with E-state index in [9.17, 15) is 14.7 Å². The summed E-state index contributed by atoms with van der Waals surface area (Å²) < 4.78 is 2.22. The van der Waals surface area contributed by atoms with Crippen LogP contribution in [-0.2, 0) is 9.59 Å². The number of amides is 2. The molecule has 1 aliphatic carbocycles. The Labute approximate surface area is 181 Å². The van der Waals surface area contributed by atoms with E-state index in [1.807, 2.05) is 17.4 Å². The summed E-state index contributed by atoms with van der Waals surface area (Å²) in [4.78, 5) is 32.6. The van der Waals surface area contributed by atoms with Crippen molar-refractivity contribution in [3.05, 3.63) is 42.4 Å². The molecule has 7 nitrogen and oxygen atoms in total. The fourth-order valence-corrected chi connectivity index (χ4v) is 6.55. The standard InChI is InChI=1S/C24H28N4O3/c1-26-13-15(10-20(26)29)23(31)27-8-6-24(7-9-27)11-18(22(24)30)21-17-5-3-2-4-16(17)19-12-25-14-28(19)21/h2-5,12,14-15,18,21-22,30H,6-11,13H2,1H3. The molecule has 162 valence electrons. The van der Waals surface area contributed by atoms with Gasteiger partial charge in [-0.2, -0.15) is 0 Å². The first-order valence-corrected chi connectivity index (χ1v) is 11.3. The first-order chi connectivity index (χ1) is 15.0. The number of aromatic nitrogens is 2. The first kappa shape index (κ1) is 19.0. The van der Waals surface area contributed by atoms with E-state index in [-0.39, 0.29) is 41.2 Å². The molecule has 0 radical (unpaired) electrons. The maximum absolute atomic E-state index is 12.9. The predicted octanol–water partition coefficient (Wildman–Crippen LogP) is 1.92. The number of benzene rings is 1. The van der Waals surface area contributed by atoms with Gasteiger partial charge in [-0.05, 0) is 24.8 Å². The van der Waals surface area contributed by atoms with Crippen LogP contribution in [0.5, 0.6) is 0 Å². The zero-order valence-electron chi connectivity index (χ0n) is 17.8. The van der Waals surface area contributed by atoms with Crippen LogP contribution in [-0.4, -0.2) is 69.1 Å². The SMILES string of the molecule is CN1CC(C(=O)N2CCC3(CC2)CC(C2c4ccccc4-c4cncn42)C3O)CC1=O. The van der Waals surface area contributed by atoms with E-state index in [2.05, 4.69) is 33.8 Å². The molecule has 3 aliphatic heterocycles. The molecule has 2 aromatic rings. The molecule has 2 amide bonds. The van der Waals surface area contributed by atoms with Crippen LogP contribution in [0.2, 0.25) is 0 Å². The van der Waals surface area contributed by atoms with Crippen LogP contribution < -0.4 is 0 Å². The Morgan fingerprint density at radius 1 is 1.23 bits per heavy atom. The maximum atomic E-state index is 12.9. The number of aliphatic hydroxyl groups excluding tert-OH is 1. The summed E-state index contributed by atoms with van der Waals surface area (Å²) in [6, 6.07) is 8.57. The van der Waals surface area contributed by atoms with Crippen LogP contribution in [0.25, 0.3) is 11.3 Å². The number of carbonyl (C=O) groups excluding carboxylic acids is 2. The van der Waals surface area contributed by atoms with Crippen molar-refractivity contribution in [2.24, 2.45) is 17.3 Å². The van der Waals surface area contributed by atoms with Crippen molar-refractivity contribution < 1.29 is 14.7 Å². The average Bonchev–Trinajstić information content (AvgIpc) is 3.47. The number of hydrogen-bond donors (Lipinski definition) is 1. The number of hydrogen-bond acceptors (Lipinski definition) is 4. The normalized spacial score (nSPS) is 31.0. The number of aliphatic hydroxyl groups is 1. The molecule has 4 heterocycles. The monoisotopic (exact) mass is 420 g/mol. The van der Waals surface area contributed by atoms with Crippen LogP contribution in [0.15, 0.2) is 36.8 Å². The third-order valence-electron chi connectivity index (χ3n) is 8.36. The van der Waals surface area contributed by atoms with E-state index < -0.39 is 0 Å². The molecule has 1 spiro atoms. The molecule has 4 aliphatic rings. The van der Waals surface area contributed by atoms with Crippen molar-refractivity contribution in [1.29, 1.82) is 0 Å². The first-order valence-electron chi connectivity index (χ1n) is 11.3. The largest absolute Gasteiger partial charge is 0.392 e. The van der Waals surface area contributed by atoms with Gasteiger partial charge in [-0.15, -0.1) is 0 Å². The van der Waals surface area contributed by atoms with Crippen molar-refractivity contribution >= 4 is 11.8 Å². The molecule has 1 aromatic carbocycles. The Morgan fingerprint density at radius 2 is 2.00 bits per heavy atom. The lowest BCUT2D eigenvalue weighted by molar-refractivity contribution is -0.166. The van der Waals surface area contributed by atoms with Crippen molar-refractivity contribution in [2.45, 2.75) is 37.8 Å². The molecule has 1 aromatic heterocycles. The van der Waals surface area contributed by atoms with Gasteiger partial charge in [0.25, 0.3) is 0 Å². The molecule has 6 rings (SSSR count). The quantitative estimate of drug-likeness (QED) is 0.805. The minimum absolute atomic E-state index is 0.0554. The molecule has 3 fully saturated rings. The molecule has 0 bridgehead atoms. The van der Waals surface area contributed by atoms with Crippen molar-refractivity contribution in [3.63, 3.8) is 0 Å². The Morgan fingerprint density at radius 3 is 2.71 bits per heavy atom. The van der Waals surface area contributed by atoms with Gasteiger partial charge >= 0.3 is 0 Å². The van der Waals surface area contributed by atoms with Crippen molar-refractivity contribution in [2.75, 3.05) is 26.7 Å². The van der Waals surface area contributed by atoms with E-state index in [0.29, 0.717) is 26.1 Å². The predicted molar refractivity (Wildman–Crippen MR) is 114 cm³/mol. The summed E-state index contributed by atoms with van der Waals surface area (Å²) in [5, 5.41) is 11.3. The van der Waals surface area contributed by atoms with Gasteiger partial charge < -0.3 is 19.5 Å². The smallest absolute Gasteiger partial charge is 0.227 e. The highest BCUT2D eigenvalue weighted by Gasteiger charge is 2.58. The fourth-order valence-electron chi connectivity index (χ4n) is 6.55. The lowest BCUT2D eigenvalue weighted by Gasteiger charge is -2.58. The van der Waals surface area contributed by atoms with Crippen molar-refractivity contribution in [1.82, 2.24) is 19.4 Å². The minimum atomic E-state index is -0.379. The number of carbonyl (C=O) groups is 2. The highest BCUT2D eigenvalue weighted by Crippen LogP contribution is 2.59. The molecule has 4 atom stereocenters. The van der Waals surface area contributed by atoms with E-state index in [1.54, 1.807) is 11.9 Å². The molecular weight excluding hydrogens is 392 g/mol. The molecule has 7 heteroatoms. The van der Waals surface area contributed by atoms with Gasteiger partial charge in [-0.1, -0.05) is 24.3 Å². The van der Waals surface area contributed by atoms with Crippen LogP contribution >= 0.6 is 0 Å². The minimum Gasteiger partial charge on any atom is -0.392 e. The Hall–Kier alpha value is -2.67. The van der Waals surface area contributed by atoms with Gasteiger partial charge in [0.1, 0.15) is 0 Å². The van der Waals surface area contributed by atoms with Gasteiger partial charge in [0, 0.05) is 50.0 Å². The average molecular weight is 421 g/mol. The van der Waals surface area contributed by atoms with E-state index in [1.165, 1.54) is 11.1 Å². The number of piperidine rings is 1. The number of likely N-dealkylation sites (tertiary alicyclic amines) is 2. The molecular formula is C24H28N4O3. The van der Waals surface area contributed by atoms with E-state index in [4.69, 9.17) is 0 Å². The lowest BCUT2D eigenvalue weighted by atomic mass is 9.53. The van der Waals surface area contributed by atoms with Crippen LogP contribution in [0, 0.1) is 17.3 Å². The third-order valence-corrected chi connectivity index (χ3v) is 8.36. The highest BCUT2D eigenvalue weighted by atomic mass is 16.3. The van der Waals surface area contributed by atoms with Crippen LogP contribution in [0.3, 0.4) is 0 Å². The van der Waals surface area contributed by atoms with Gasteiger partial charge in [0.15, 0.2) is 0 Å². The Kier molecular flexibility index (Phi) is 4.09. The zero-order chi connectivity index (χ0) is 21.3. The van der Waals surface area contributed by atoms with E-state index >= 15 is 0 Å². The number of nitrogens with zero attached hydrogens (tertiary/aromatic N) is 4. The molecule has 1 saturated carbocycles. The fraction of sp³-hybridized carbons (Fsp3) is 0.542. The highest BCUT2D eigenvalue weighted by molar-refractivity contribution is 5.89. The summed E-state index contributed by atoms with van der Waals surface area (Å²) in [5.74, 6) is 0.116. The van der Waals surface area contributed by atoms with Crippen LogP contribution in [0.1, 0.15) is 37.3 Å². The second-order valence-electron chi connectivity index (χ2n) is 9.89. The van der Waals surface area contributed by atoms with Gasteiger partial charge in [0.05, 0.1) is 36.3 Å². The molecule has 1 N–H and O–H groups in total. The Bertz CT molecular complexity index is 1050.